The molecule has 0 radical (unpaired) electrons. The van der Waals surface area contributed by atoms with Crippen LogP contribution >= 0.6 is 37.2 Å². The quantitative estimate of drug-likeness (QED) is 0.0464. The van der Waals surface area contributed by atoms with Gasteiger partial charge in [0.15, 0.2) is 0 Å². The number of nitrogens with zero attached hydrogens (tertiary/aromatic N) is 2. The maximum atomic E-state index is 12.9. The monoisotopic (exact) mass is 653 g/mol. The van der Waals surface area contributed by atoms with Crippen molar-refractivity contribution in [1.82, 2.24) is 10.3 Å². The van der Waals surface area contributed by atoms with Gasteiger partial charge in [0.2, 0.25) is 5.91 Å². The standard InChI is InChI=1S/C29H35N7O4.3ClH/c30-27(37)18-25-24-9-5-22(28(31)32)17-21(24)6-10-26(25)40-29(38)20-3-7-23(8-4-20)33-19-35-34-11-1-2-12-36-13-15-39-16-14-36;;;/h3-10,17,19,34H,1-2,11-16,18H2,(H2,30,37)(H3,31,32)(H,33,35);3*1H. The van der Waals surface area contributed by atoms with Gasteiger partial charge in [0.25, 0.3) is 0 Å². The molecule has 0 spiro atoms. The summed E-state index contributed by atoms with van der Waals surface area (Å²) in [6.07, 6.45) is 3.60. The van der Waals surface area contributed by atoms with E-state index in [0.717, 1.165) is 63.3 Å². The van der Waals surface area contributed by atoms with E-state index in [1.54, 1.807) is 60.9 Å². The number of anilines is 1. The number of carbonyl (C=O) groups is 2. The first kappa shape index (κ1) is 37.4. The number of carbonyl (C=O) groups excluding carboxylic acids is 2. The van der Waals surface area contributed by atoms with Crippen molar-refractivity contribution >= 4 is 77.7 Å². The topological polar surface area (TPSA) is 168 Å². The number of hydrogen-bond donors (Lipinski definition) is 5. The zero-order chi connectivity index (χ0) is 28.3. The predicted octanol–water partition coefficient (Wildman–Crippen LogP) is 3.69. The Morgan fingerprint density at radius 3 is 2.35 bits per heavy atom. The number of hydrogen-bond acceptors (Lipinski definition) is 8. The van der Waals surface area contributed by atoms with E-state index in [9.17, 15) is 9.59 Å². The fourth-order valence-corrected chi connectivity index (χ4v) is 4.44. The maximum Gasteiger partial charge on any atom is 0.343 e. The number of benzene rings is 3. The second-order valence-electron chi connectivity index (χ2n) is 9.47. The summed E-state index contributed by atoms with van der Waals surface area (Å²) in [7, 11) is 0. The number of unbranched alkanes of at least 4 members (excludes halogenated alkanes) is 1. The van der Waals surface area contributed by atoms with Gasteiger partial charge >= 0.3 is 5.97 Å². The van der Waals surface area contributed by atoms with Crippen LogP contribution in [0.1, 0.15) is 34.3 Å². The molecule has 0 aromatic heterocycles. The van der Waals surface area contributed by atoms with Gasteiger partial charge in [0, 0.05) is 36.4 Å². The lowest BCUT2D eigenvalue weighted by atomic mass is 9.98. The van der Waals surface area contributed by atoms with Crippen LogP contribution in [0.15, 0.2) is 59.7 Å². The van der Waals surface area contributed by atoms with Gasteiger partial charge in [-0.05, 0) is 66.6 Å². The highest BCUT2D eigenvalue weighted by Crippen LogP contribution is 2.30. The Labute approximate surface area is 269 Å². The highest BCUT2D eigenvalue weighted by molar-refractivity contribution is 6.01. The molecule has 0 saturated carbocycles. The number of nitrogens with two attached hydrogens (primary N) is 2. The van der Waals surface area contributed by atoms with E-state index in [1.165, 1.54) is 0 Å². The number of amidine groups is 1. The van der Waals surface area contributed by atoms with Crippen LogP contribution < -0.4 is 26.9 Å². The molecule has 1 fully saturated rings. The van der Waals surface area contributed by atoms with Gasteiger partial charge in [-0.3, -0.25) is 15.1 Å². The number of halogens is 3. The van der Waals surface area contributed by atoms with Crippen LogP contribution in [0.25, 0.3) is 10.8 Å². The summed E-state index contributed by atoms with van der Waals surface area (Å²) in [5.74, 6) is -0.939. The van der Waals surface area contributed by atoms with Crippen LogP contribution in [0, 0.1) is 5.41 Å². The second-order valence-corrected chi connectivity index (χ2v) is 9.47. The molecule has 43 heavy (non-hydrogen) atoms. The number of nitrogens with one attached hydrogen (secondary N) is 3. The molecule has 7 N–H and O–H groups in total. The Balaban J connectivity index is 0.00000308. The minimum atomic E-state index is -0.565. The number of amides is 1. The second kappa shape index (κ2) is 18.8. The molecule has 1 amide bonds. The fourth-order valence-electron chi connectivity index (χ4n) is 4.44. The molecule has 0 atom stereocenters. The van der Waals surface area contributed by atoms with Crippen molar-refractivity contribution in [2.24, 2.45) is 16.6 Å². The van der Waals surface area contributed by atoms with Crippen molar-refractivity contribution in [3.05, 3.63) is 71.3 Å². The number of fused-ring (bicyclic) bond motifs is 1. The summed E-state index contributed by atoms with van der Waals surface area (Å²) in [6, 6.07) is 15.3. The van der Waals surface area contributed by atoms with Crippen LogP contribution in [0.3, 0.4) is 0 Å². The Bertz CT molecular complexity index is 1380. The number of nitrogen functional groups attached to an aromatic ring is 1. The first-order chi connectivity index (χ1) is 19.4. The predicted molar refractivity (Wildman–Crippen MR) is 178 cm³/mol. The van der Waals surface area contributed by atoms with E-state index in [2.05, 4.69) is 20.7 Å². The summed E-state index contributed by atoms with van der Waals surface area (Å²) in [6.45, 7) is 5.53. The van der Waals surface area contributed by atoms with Crippen LogP contribution in [-0.2, 0) is 16.0 Å². The van der Waals surface area contributed by atoms with Crippen molar-refractivity contribution in [2.75, 3.05) is 44.7 Å². The Kier molecular flexibility index (Phi) is 16.4. The maximum absolute atomic E-state index is 12.9. The van der Waals surface area contributed by atoms with Crippen molar-refractivity contribution in [2.45, 2.75) is 19.3 Å². The van der Waals surface area contributed by atoms with Crippen LogP contribution in [-0.4, -0.2) is 68.3 Å². The summed E-state index contributed by atoms with van der Waals surface area (Å²) >= 11 is 0. The molecule has 0 aliphatic carbocycles. The van der Waals surface area contributed by atoms with Gasteiger partial charge in [-0.1, -0.05) is 18.2 Å². The van der Waals surface area contributed by atoms with Gasteiger partial charge in [-0.2, -0.15) is 5.10 Å². The number of morpholine rings is 1. The molecule has 1 aliphatic heterocycles. The minimum Gasteiger partial charge on any atom is -0.423 e. The van der Waals surface area contributed by atoms with E-state index in [4.69, 9.17) is 26.4 Å². The molecular formula is C29H38Cl3N7O4. The summed E-state index contributed by atoms with van der Waals surface area (Å²) < 4.78 is 11.0. The number of hydrazone groups is 1. The van der Waals surface area contributed by atoms with E-state index in [0.29, 0.717) is 22.1 Å². The lowest BCUT2D eigenvalue weighted by Crippen LogP contribution is -2.36. The third-order valence-corrected chi connectivity index (χ3v) is 6.58. The number of esters is 1. The average Bonchev–Trinajstić information content (AvgIpc) is 2.96. The molecule has 1 saturated heterocycles. The summed E-state index contributed by atoms with van der Waals surface area (Å²) in [5, 5.41) is 16.3. The van der Waals surface area contributed by atoms with Crippen molar-refractivity contribution < 1.29 is 19.1 Å². The lowest BCUT2D eigenvalue weighted by molar-refractivity contribution is -0.117. The Hall–Kier alpha value is -3.61. The number of ether oxygens (including phenoxy) is 2. The first-order valence-corrected chi connectivity index (χ1v) is 13.2. The van der Waals surface area contributed by atoms with Crippen molar-refractivity contribution in [3.63, 3.8) is 0 Å². The van der Waals surface area contributed by atoms with E-state index >= 15 is 0 Å². The molecule has 3 aromatic rings. The Morgan fingerprint density at radius 1 is 0.977 bits per heavy atom. The fraction of sp³-hybridized carbons (Fsp3) is 0.310. The molecule has 234 valence electrons. The first-order valence-electron chi connectivity index (χ1n) is 13.2. The van der Waals surface area contributed by atoms with Crippen LogP contribution in [0.4, 0.5) is 5.69 Å². The molecule has 4 rings (SSSR count). The molecule has 11 nitrogen and oxygen atoms in total. The minimum absolute atomic E-state index is 0. The van der Waals surface area contributed by atoms with E-state index in [-0.39, 0.29) is 55.2 Å². The molecule has 3 aromatic carbocycles. The smallest absolute Gasteiger partial charge is 0.343 e. The summed E-state index contributed by atoms with van der Waals surface area (Å²) in [5.41, 5.74) is 16.2. The normalized spacial score (nSPS) is 12.8. The molecule has 1 heterocycles. The zero-order valence-corrected chi connectivity index (χ0v) is 26.0. The third-order valence-electron chi connectivity index (χ3n) is 6.58. The average molecular weight is 655 g/mol. The Morgan fingerprint density at radius 2 is 1.67 bits per heavy atom. The van der Waals surface area contributed by atoms with Gasteiger partial charge in [-0.15, -0.1) is 37.2 Å². The van der Waals surface area contributed by atoms with Gasteiger partial charge in [0.1, 0.15) is 17.9 Å². The van der Waals surface area contributed by atoms with E-state index < -0.39 is 11.9 Å². The molecule has 1 aliphatic rings. The SMILES string of the molecule is Cl.Cl.Cl.N=C(N)c1ccc2c(CC(N)=O)c(OC(=O)c3ccc(N/C=N/NCCCCN4CCOCC4)cc3)ccc2c1. The van der Waals surface area contributed by atoms with Gasteiger partial charge < -0.3 is 31.7 Å². The van der Waals surface area contributed by atoms with Crippen molar-refractivity contribution in [1.29, 1.82) is 5.41 Å². The molecule has 0 unspecified atom stereocenters. The number of primary amides is 1. The van der Waals surface area contributed by atoms with Crippen LogP contribution in [0.2, 0.25) is 0 Å². The number of rotatable bonds is 13. The zero-order valence-electron chi connectivity index (χ0n) is 23.5. The summed E-state index contributed by atoms with van der Waals surface area (Å²) in [4.78, 5) is 27.1. The van der Waals surface area contributed by atoms with Gasteiger partial charge in [-0.25, -0.2) is 4.79 Å². The van der Waals surface area contributed by atoms with Crippen LogP contribution in [0.5, 0.6) is 5.75 Å². The van der Waals surface area contributed by atoms with Crippen molar-refractivity contribution in [3.8, 4) is 5.75 Å². The highest BCUT2D eigenvalue weighted by Gasteiger charge is 2.17. The van der Waals surface area contributed by atoms with E-state index in [1.807, 2.05) is 0 Å². The molecule has 0 bridgehead atoms. The lowest BCUT2D eigenvalue weighted by Gasteiger charge is -2.26. The molecular weight excluding hydrogens is 617 g/mol. The largest absolute Gasteiger partial charge is 0.423 e. The highest BCUT2D eigenvalue weighted by atomic mass is 35.5. The molecule has 14 heteroatoms. The third kappa shape index (κ3) is 11.2. The van der Waals surface area contributed by atoms with Gasteiger partial charge in [0.05, 0.1) is 25.2 Å².